The number of esters is 1. The quantitative estimate of drug-likeness (QED) is 0.255. The summed E-state index contributed by atoms with van der Waals surface area (Å²) in [7, 11) is -5.72. The third-order valence-corrected chi connectivity index (χ3v) is 4.01. The van der Waals surface area contributed by atoms with Crippen LogP contribution in [0.4, 0.5) is 13.2 Å². The Labute approximate surface area is 147 Å². The van der Waals surface area contributed by atoms with E-state index in [4.69, 9.17) is 4.74 Å². The van der Waals surface area contributed by atoms with Crippen molar-refractivity contribution >= 4 is 16.1 Å². The van der Waals surface area contributed by atoms with Gasteiger partial charge in [-0.1, -0.05) is 30.3 Å². The van der Waals surface area contributed by atoms with E-state index in [1.165, 1.54) is 24.3 Å². The molecule has 0 fully saturated rings. The first-order valence-corrected chi connectivity index (χ1v) is 8.59. The molecule has 0 aliphatic rings. The van der Waals surface area contributed by atoms with Crippen LogP contribution >= 0.6 is 0 Å². The first-order chi connectivity index (χ1) is 12.1. The lowest BCUT2D eigenvalue weighted by Crippen LogP contribution is -2.28. The van der Waals surface area contributed by atoms with Gasteiger partial charge in [0.2, 0.25) is 0 Å². The summed E-state index contributed by atoms with van der Waals surface area (Å²) in [5, 5.41) is 0. The van der Waals surface area contributed by atoms with Gasteiger partial charge in [-0.05, 0) is 42.3 Å². The highest BCUT2D eigenvalue weighted by Crippen LogP contribution is 2.29. The van der Waals surface area contributed by atoms with Gasteiger partial charge in [-0.2, -0.15) is 21.6 Å². The number of carbonyl (C=O) groups excluding carboxylic acids is 1. The number of alkyl halides is 3. The van der Waals surface area contributed by atoms with Crippen molar-refractivity contribution in [1.29, 1.82) is 0 Å². The van der Waals surface area contributed by atoms with E-state index in [0.29, 0.717) is 11.1 Å². The number of carbonyl (C=O) groups is 1. The second-order valence-corrected chi connectivity index (χ2v) is 6.49. The van der Waals surface area contributed by atoms with Crippen molar-refractivity contribution in [2.75, 3.05) is 0 Å². The second-order valence-electron chi connectivity index (χ2n) is 4.96. The molecule has 26 heavy (non-hydrogen) atoms. The molecule has 0 heterocycles. The van der Waals surface area contributed by atoms with Crippen molar-refractivity contribution in [2.24, 2.45) is 0 Å². The Morgan fingerprint density at radius 3 is 2.23 bits per heavy atom. The van der Waals surface area contributed by atoms with Gasteiger partial charge >= 0.3 is 21.6 Å². The Hall–Kier alpha value is -2.81. The molecule has 0 spiro atoms. The first kappa shape index (κ1) is 19.5. The molecule has 0 atom stereocenters. The Morgan fingerprint density at radius 1 is 1.00 bits per heavy atom. The lowest BCUT2D eigenvalue weighted by Gasteiger charge is -2.10. The predicted molar refractivity (Wildman–Crippen MR) is 87.9 cm³/mol. The number of ether oxygens (including phenoxy) is 1. The minimum absolute atomic E-state index is 0.283. The number of hydrogen-bond acceptors (Lipinski definition) is 5. The highest BCUT2D eigenvalue weighted by molar-refractivity contribution is 7.88. The van der Waals surface area contributed by atoms with Gasteiger partial charge in [-0.15, -0.1) is 0 Å². The molecular weight excluding hydrogens is 373 g/mol. The molecule has 0 bridgehead atoms. The van der Waals surface area contributed by atoms with Crippen LogP contribution in [0, 0.1) is 0 Å². The summed E-state index contributed by atoms with van der Waals surface area (Å²) in [6, 6.07) is 11.4. The molecule has 0 aliphatic carbocycles. The fourth-order valence-electron chi connectivity index (χ4n) is 1.90. The third kappa shape index (κ3) is 4.85. The maximum Gasteiger partial charge on any atom is 0.534 e. The molecule has 0 amide bonds. The van der Waals surface area contributed by atoms with Gasteiger partial charge < -0.3 is 8.92 Å². The average Bonchev–Trinajstić information content (AvgIpc) is 2.54. The highest BCUT2D eigenvalue weighted by Gasteiger charge is 2.48. The summed E-state index contributed by atoms with van der Waals surface area (Å²) < 4.78 is 68.0. The fraction of sp³-hybridized carbons (Fsp3) is 0.118. The smallest absolute Gasteiger partial charge is 0.423 e. The molecule has 0 aliphatic heterocycles. The van der Waals surface area contributed by atoms with Crippen molar-refractivity contribution in [3.05, 3.63) is 60.7 Å². The van der Waals surface area contributed by atoms with E-state index < -0.39 is 27.3 Å². The van der Waals surface area contributed by atoms with Crippen molar-refractivity contribution < 1.29 is 35.3 Å². The maximum absolute atomic E-state index is 12.3. The van der Waals surface area contributed by atoms with E-state index in [0.717, 1.165) is 12.1 Å². The van der Waals surface area contributed by atoms with Crippen LogP contribution in [0.1, 0.15) is 6.92 Å². The first-order valence-electron chi connectivity index (χ1n) is 7.18. The number of hydrogen-bond donors (Lipinski definition) is 0. The molecule has 9 heteroatoms. The van der Waals surface area contributed by atoms with E-state index in [1.54, 1.807) is 31.2 Å². The Bertz CT molecular complexity index is 916. The van der Waals surface area contributed by atoms with Crippen LogP contribution in [0.3, 0.4) is 0 Å². The van der Waals surface area contributed by atoms with Crippen molar-refractivity contribution in [2.45, 2.75) is 12.4 Å². The molecule has 5 nitrogen and oxygen atoms in total. The minimum Gasteiger partial charge on any atom is -0.423 e. The molecular formula is C17H13F3O5S. The summed E-state index contributed by atoms with van der Waals surface area (Å²) in [6.07, 6.45) is 2.78. The van der Waals surface area contributed by atoms with Crippen molar-refractivity contribution in [1.82, 2.24) is 0 Å². The third-order valence-electron chi connectivity index (χ3n) is 3.03. The van der Waals surface area contributed by atoms with E-state index in [2.05, 4.69) is 4.18 Å². The minimum atomic E-state index is -5.72. The number of benzene rings is 2. The summed E-state index contributed by atoms with van der Waals surface area (Å²) >= 11 is 0. The van der Waals surface area contributed by atoms with Crippen LogP contribution in [0.2, 0.25) is 0 Å². The number of halogens is 3. The molecule has 0 saturated heterocycles. The second kappa shape index (κ2) is 7.61. The van der Waals surface area contributed by atoms with Crippen LogP contribution in [0.25, 0.3) is 11.1 Å². The van der Waals surface area contributed by atoms with Crippen LogP contribution in [0.5, 0.6) is 11.5 Å². The molecule has 2 aromatic carbocycles. The zero-order valence-corrected chi connectivity index (χ0v) is 14.2. The normalized spacial score (nSPS) is 12.2. The monoisotopic (exact) mass is 386 g/mol. The van der Waals surface area contributed by atoms with Crippen molar-refractivity contribution in [3.63, 3.8) is 0 Å². The van der Waals surface area contributed by atoms with Gasteiger partial charge in [0.1, 0.15) is 11.5 Å². The van der Waals surface area contributed by atoms with Gasteiger partial charge in [-0.25, -0.2) is 4.79 Å². The SMILES string of the molecule is C/C=C/C(=O)Oc1cccc(-c2ccc(OS(=O)(=O)C(F)(F)F)cc2)c1. The Morgan fingerprint density at radius 2 is 1.65 bits per heavy atom. The van der Waals surface area contributed by atoms with Gasteiger partial charge in [0.25, 0.3) is 0 Å². The molecule has 0 N–H and O–H groups in total. The van der Waals surface area contributed by atoms with Gasteiger partial charge in [0, 0.05) is 6.08 Å². The Balaban J connectivity index is 2.20. The average molecular weight is 386 g/mol. The largest absolute Gasteiger partial charge is 0.534 e. The summed E-state index contributed by atoms with van der Waals surface area (Å²) in [6.45, 7) is 1.67. The zero-order chi connectivity index (χ0) is 19.4. The molecule has 0 aromatic heterocycles. The zero-order valence-electron chi connectivity index (χ0n) is 13.4. The van der Waals surface area contributed by atoms with Gasteiger partial charge in [0.15, 0.2) is 0 Å². The van der Waals surface area contributed by atoms with E-state index in [1.807, 2.05) is 0 Å². The lowest BCUT2D eigenvalue weighted by atomic mass is 10.1. The standard InChI is InChI=1S/C17H13F3O5S/c1-2-4-16(21)24-15-6-3-5-13(11-15)12-7-9-14(10-8-12)25-26(22,23)17(18,19)20/h2-11H,1H3/b4-2+. The van der Waals surface area contributed by atoms with Crippen molar-refractivity contribution in [3.8, 4) is 22.6 Å². The highest BCUT2D eigenvalue weighted by atomic mass is 32.2. The molecule has 2 rings (SSSR count). The molecule has 0 saturated carbocycles. The topological polar surface area (TPSA) is 69.7 Å². The van der Waals surface area contributed by atoms with Crippen LogP contribution in [-0.2, 0) is 14.9 Å². The summed E-state index contributed by atoms with van der Waals surface area (Å²) in [5.74, 6) is -0.738. The molecule has 2 aromatic rings. The summed E-state index contributed by atoms with van der Waals surface area (Å²) in [5.41, 5.74) is -4.33. The lowest BCUT2D eigenvalue weighted by molar-refractivity contribution is -0.129. The van der Waals surface area contributed by atoms with Crippen LogP contribution in [-0.4, -0.2) is 19.9 Å². The van der Waals surface area contributed by atoms with Crippen LogP contribution < -0.4 is 8.92 Å². The fourth-order valence-corrected chi connectivity index (χ4v) is 2.36. The van der Waals surface area contributed by atoms with Gasteiger partial charge in [-0.3, -0.25) is 0 Å². The number of allylic oxidation sites excluding steroid dienone is 1. The summed E-state index contributed by atoms with van der Waals surface area (Å²) in [4.78, 5) is 11.4. The molecule has 0 radical (unpaired) electrons. The van der Waals surface area contributed by atoms with Crippen LogP contribution in [0.15, 0.2) is 60.7 Å². The maximum atomic E-state index is 12.3. The molecule has 138 valence electrons. The van der Waals surface area contributed by atoms with E-state index in [9.17, 15) is 26.4 Å². The van der Waals surface area contributed by atoms with E-state index >= 15 is 0 Å². The number of rotatable bonds is 5. The molecule has 0 unspecified atom stereocenters. The van der Waals surface area contributed by atoms with E-state index in [-0.39, 0.29) is 5.75 Å². The van der Waals surface area contributed by atoms with Gasteiger partial charge in [0.05, 0.1) is 0 Å². The predicted octanol–water partition coefficient (Wildman–Crippen LogP) is 4.06. The Kier molecular flexibility index (Phi) is 5.71.